The van der Waals surface area contributed by atoms with Gasteiger partial charge in [0, 0.05) is 4.47 Å². The molecule has 1 amide bonds. The molecule has 0 saturated carbocycles. The number of hydrogen-bond donors (Lipinski definition) is 2. The molecule has 120 valence electrons. The van der Waals surface area contributed by atoms with Crippen molar-refractivity contribution in [3.05, 3.63) is 69.0 Å². The van der Waals surface area contributed by atoms with Crippen LogP contribution in [-0.2, 0) is 4.79 Å². The normalized spacial score (nSPS) is 17.3. The fraction of sp³-hybridized carbons (Fsp3) is 0. The Morgan fingerprint density at radius 1 is 1.21 bits per heavy atom. The van der Waals surface area contributed by atoms with E-state index in [0.717, 1.165) is 5.56 Å². The van der Waals surface area contributed by atoms with Crippen LogP contribution in [0.25, 0.3) is 6.08 Å². The zero-order valence-electron chi connectivity index (χ0n) is 12.2. The zero-order valence-corrected chi connectivity index (χ0v) is 14.6. The van der Waals surface area contributed by atoms with Gasteiger partial charge in [0.25, 0.3) is 5.91 Å². The van der Waals surface area contributed by atoms with Crippen molar-refractivity contribution in [3.8, 4) is 0 Å². The third-order valence-corrected chi connectivity index (χ3v) is 4.56. The van der Waals surface area contributed by atoms with Crippen molar-refractivity contribution in [2.75, 3.05) is 0 Å². The first-order chi connectivity index (χ1) is 11.5. The second-order valence-corrected chi connectivity index (χ2v) is 6.81. The number of amides is 1. The highest BCUT2D eigenvalue weighted by Gasteiger charge is 2.24. The van der Waals surface area contributed by atoms with Crippen LogP contribution in [0.3, 0.4) is 0 Å². The summed E-state index contributed by atoms with van der Waals surface area (Å²) < 4.78 is 0.650. The number of aromatic carboxylic acids is 1. The average molecular weight is 403 g/mol. The summed E-state index contributed by atoms with van der Waals surface area (Å²) in [5.74, 6) is -1.33. The topological polar surface area (TPSA) is 78.8 Å². The largest absolute Gasteiger partial charge is 0.478 e. The first-order valence-corrected chi connectivity index (χ1v) is 8.51. The minimum Gasteiger partial charge on any atom is -0.478 e. The van der Waals surface area contributed by atoms with Crippen LogP contribution in [0.5, 0.6) is 0 Å². The number of carbonyl (C=O) groups is 2. The van der Waals surface area contributed by atoms with Crippen LogP contribution in [0.2, 0.25) is 0 Å². The van der Waals surface area contributed by atoms with Gasteiger partial charge < -0.3 is 10.4 Å². The number of thioether (sulfide) groups is 1. The molecule has 3 rings (SSSR count). The van der Waals surface area contributed by atoms with Gasteiger partial charge in [0.05, 0.1) is 16.2 Å². The second-order valence-electron chi connectivity index (χ2n) is 4.86. The molecule has 2 N–H and O–H groups in total. The van der Waals surface area contributed by atoms with Crippen LogP contribution in [0.1, 0.15) is 15.9 Å². The molecule has 0 unspecified atom stereocenters. The Bertz CT molecular complexity index is 879. The number of aliphatic imine (C=N–C) groups is 1. The van der Waals surface area contributed by atoms with Crippen molar-refractivity contribution in [3.63, 3.8) is 0 Å². The molecule has 0 radical (unpaired) electrons. The fourth-order valence-corrected chi connectivity index (χ4v) is 3.26. The summed E-state index contributed by atoms with van der Waals surface area (Å²) in [6, 6.07) is 14.2. The first kappa shape index (κ1) is 16.5. The highest BCUT2D eigenvalue weighted by atomic mass is 79.9. The van der Waals surface area contributed by atoms with Gasteiger partial charge in [-0.1, -0.05) is 46.3 Å². The van der Waals surface area contributed by atoms with Crippen molar-refractivity contribution in [2.24, 2.45) is 4.99 Å². The number of rotatable bonds is 3. The minimum absolute atomic E-state index is 0.0622. The lowest BCUT2D eigenvalue weighted by atomic mass is 10.2. The van der Waals surface area contributed by atoms with E-state index < -0.39 is 5.97 Å². The number of benzene rings is 2. The van der Waals surface area contributed by atoms with Gasteiger partial charge in [0.2, 0.25) is 0 Å². The molecule has 0 spiro atoms. The number of halogens is 1. The summed E-state index contributed by atoms with van der Waals surface area (Å²) in [7, 11) is 0. The summed E-state index contributed by atoms with van der Waals surface area (Å²) in [4.78, 5) is 28.1. The number of carbonyl (C=O) groups excluding carboxylic acids is 1. The Kier molecular flexibility index (Phi) is 4.82. The summed E-state index contributed by atoms with van der Waals surface area (Å²) >= 11 is 4.42. The quantitative estimate of drug-likeness (QED) is 0.759. The van der Waals surface area contributed by atoms with Gasteiger partial charge in [-0.3, -0.25) is 4.79 Å². The minimum atomic E-state index is -1.08. The molecule has 24 heavy (non-hydrogen) atoms. The van der Waals surface area contributed by atoms with E-state index in [-0.39, 0.29) is 17.2 Å². The van der Waals surface area contributed by atoms with E-state index in [4.69, 9.17) is 0 Å². The van der Waals surface area contributed by atoms with Crippen LogP contribution in [0.4, 0.5) is 5.69 Å². The Morgan fingerprint density at radius 3 is 2.67 bits per heavy atom. The monoisotopic (exact) mass is 402 g/mol. The maximum atomic E-state index is 12.0. The molecule has 1 heterocycles. The number of carboxylic acids is 1. The van der Waals surface area contributed by atoms with Gasteiger partial charge in [-0.25, -0.2) is 9.79 Å². The van der Waals surface area contributed by atoms with Gasteiger partial charge in [-0.05, 0) is 41.6 Å². The molecule has 0 aromatic heterocycles. The standard InChI is InChI=1S/C17H11BrN2O3S/c18-11-6-7-13(12(9-11)16(22)23)19-17-20-15(21)14(24-17)8-10-4-2-1-3-5-10/h1-9H,(H,22,23)(H,19,20,21)/b14-8+. The third kappa shape index (κ3) is 3.74. The lowest BCUT2D eigenvalue weighted by Gasteiger charge is -2.02. The van der Waals surface area contributed by atoms with Crippen LogP contribution >= 0.6 is 27.7 Å². The summed E-state index contributed by atoms with van der Waals surface area (Å²) in [5, 5.41) is 12.3. The van der Waals surface area contributed by atoms with E-state index in [1.807, 2.05) is 30.3 Å². The Labute approximate surface area is 150 Å². The van der Waals surface area contributed by atoms with Crippen LogP contribution in [-0.4, -0.2) is 22.2 Å². The lowest BCUT2D eigenvalue weighted by Crippen LogP contribution is -2.19. The first-order valence-electron chi connectivity index (χ1n) is 6.90. The number of nitrogens with zero attached hydrogens (tertiary/aromatic N) is 1. The molecule has 5 nitrogen and oxygen atoms in total. The van der Waals surface area contributed by atoms with Crippen molar-refractivity contribution < 1.29 is 14.7 Å². The summed E-state index contributed by atoms with van der Waals surface area (Å²) in [5.41, 5.74) is 1.26. The molecular weight excluding hydrogens is 392 g/mol. The molecule has 7 heteroatoms. The molecular formula is C17H11BrN2O3S. The Morgan fingerprint density at radius 2 is 1.96 bits per heavy atom. The van der Waals surface area contributed by atoms with Gasteiger partial charge in [-0.15, -0.1) is 0 Å². The van der Waals surface area contributed by atoms with Crippen LogP contribution < -0.4 is 5.32 Å². The van der Waals surface area contributed by atoms with Crippen molar-refractivity contribution in [1.82, 2.24) is 5.32 Å². The molecule has 2 aromatic rings. The molecule has 2 aromatic carbocycles. The molecule has 0 bridgehead atoms. The van der Waals surface area contributed by atoms with Crippen molar-refractivity contribution in [2.45, 2.75) is 0 Å². The van der Waals surface area contributed by atoms with Gasteiger partial charge in [0.1, 0.15) is 0 Å². The van der Waals surface area contributed by atoms with Gasteiger partial charge in [0.15, 0.2) is 5.17 Å². The molecule has 1 fully saturated rings. The number of hydrogen-bond acceptors (Lipinski definition) is 4. The Balaban J connectivity index is 1.90. The lowest BCUT2D eigenvalue weighted by molar-refractivity contribution is -0.115. The van der Waals surface area contributed by atoms with E-state index in [9.17, 15) is 14.7 Å². The smallest absolute Gasteiger partial charge is 0.337 e. The maximum absolute atomic E-state index is 12.0. The molecule has 1 saturated heterocycles. The summed E-state index contributed by atoms with van der Waals surface area (Å²) in [6.07, 6.45) is 1.77. The maximum Gasteiger partial charge on any atom is 0.337 e. The molecule has 1 aliphatic rings. The fourth-order valence-electron chi connectivity index (χ4n) is 2.07. The van der Waals surface area contributed by atoms with Gasteiger partial charge >= 0.3 is 5.97 Å². The second kappa shape index (κ2) is 7.02. The third-order valence-electron chi connectivity index (χ3n) is 3.16. The van der Waals surface area contributed by atoms with E-state index in [1.165, 1.54) is 17.8 Å². The van der Waals surface area contributed by atoms with E-state index in [2.05, 4.69) is 26.2 Å². The number of amidine groups is 1. The average Bonchev–Trinajstić information content (AvgIpc) is 2.89. The molecule has 0 aliphatic carbocycles. The van der Waals surface area contributed by atoms with Gasteiger partial charge in [-0.2, -0.15) is 0 Å². The predicted octanol–water partition coefficient (Wildman–Crippen LogP) is 4.04. The zero-order chi connectivity index (χ0) is 17.1. The van der Waals surface area contributed by atoms with Crippen molar-refractivity contribution in [1.29, 1.82) is 0 Å². The van der Waals surface area contributed by atoms with E-state index in [1.54, 1.807) is 18.2 Å². The predicted molar refractivity (Wildman–Crippen MR) is 98.3 cm³/mol. The highest BCUT2D eigenvalue weighted by Crippen LogP contribution is 2.30. The van der Waals surface area contributed by atoms with Crippen LogP contribution in [0.15, 0.2) is 62.9 Å². The Hall–Kier alpha value is -2.38. The van der Waals surface area contributed by atoms with Crippen LogP contribution in [0, 0.1) is 0 Å². The number of carboxylic acid groups (broad SMARTS) is 1. The highest BCUT2D eigenvalue weighted by molar-refractivity contribution is 9.10. The SMILES string of the molecule is O=C1NC(=Nc2ccc(Br)cc2C(=O)O)S/C1=C/c1ccccc1. The molecule has 0 atom stereocenters. The van der Waals surface area contributed by atoms with Crippen molar-refractivity contribution >= 4 is 56.5 Å². The van der Waals surface area contributed by atoms with E-state index >= 15 is 0 Å². The molecule has 1 aliphatic heterocycles. The summed E-state index contributed by atoms with van der Waals surface area (Å²) in [6.45, 7) is 0. The van der Waals surface area contributed by atoms with E-state index in [0.29, 0.717) is 14.5 Å². The number of nitrogens with one attached hydrogen (secondary N) is 1.